The molecule has 0 spiro atoms. The van der Waals surface area contributed by atoms with Gasteiger partial charge in [0.25, 0.3) is 5.91 Å². The van der Waals surface area contributed by atoms with Crippen LogP contribution in [0.3, 0.4) is 0 Å². The highest BCUT2D eigenvalue weighted by atomic mass is 32.2. The molecule has 18 heavy (non-hydrogen) atoms. The number of rotatable bonds is 3. The minimum absolute atomic E-state index is 0.0184. The molecule has 1 amide bonds. The highest BCUT2D eigenvalue weighted by Crippen LogP contribution is 2.28. The van der Waals surface area contributed by atoms with Crippen LogP contribution in [0.15, 0.2) is 18.2 Å². The van der Waals surface area contributed by atoms with Gasteiger partial charge in [-0.25, -0.2) is 0 Å². The van der Waals surface area contributed by atoms with Crippen molar-refractivity contribution in [1.29, 1.82) is 0 Å². The van der Waals surface area contributed by atoms with Crippen LogP contribution in [0.4, 0.5) is 5.69 Å². The van der Waals surface area contributed by atoms with Crippen LogP contribution in [0.1, 0.15) is 35.2 Å². The number of hydrogen-bond acceptors (Lipinski definition) is 3. The molecule has 1 fully saturated rings. The first-order valence-corrected chi connectivity index (χ1v) is 7.58. The number of carbonyl (C=O) groups excluding carboxylic acids is 1. The topological polar surface area (TPSA) is 55.1 Å². The number of thioether (sulfide) groups is 1. The van der Waals surface area contributed by atoms with E-state index in [9.17, 15) is 4.79 Å². The summed E-state index contributed by atoms with van der Waals surface area (Å²) in [7, 11) is 0. The van der Waals surface area contributed by atoms with Crippen molar-refractivity contribution < 1.29 is 4.79 Å². The molecule has 0 bridgehead atoms. The molecule has 1 aliphatic carbocycles. The third-order valence-electron chi connectivity index (χ3n) is 3.59. The molecular formula is C14H20N2OS. The SMILES string of the molecule is CSC1CCC(NC(=O)c2ccc(N)c(C)c2)C1. The summed E-state index contributed by atoms with van der Waals surface area (Å²) in [6.45, 7) is 1.92. The lowest BCUT2D eigenvalue weighted by Gasteiger charge is -2.13. The van der Waals surface area contributed by atoms with Crippen LogP contribution >= 0.6 is 11.8 Å². The van der Waals surface area contributed by atoms with Crippen molar-refractivity contribution in [3.8, 4) is 0 Å². The third kappa shape index (κ3) is 2.99. The second-order valence-electron chi connectivity index (χ2n) is 4.91. The fourth-order valence-corrected chi connectivity index (χ4v) is 3.17. The third-order valence-corrected chi connectivity index (χ3v) is 4.68. The normalized spacial score (nSPS) is 23.0. The van der Waals surface area contributed by atoms with E-state index in [1.807, 2.05) is 24.8 Å². The van der Waals surface area contributed by atoms with Crippen LogP contribution in [0.5, 0.6) is 0 Å². The first-order valence-electron chi connectivity index (χ1n) is 6.30. The Morgan fingerprint density at radius 3 is 2.83 bits per heavy atom. The highest BCUT2D eigenvalue weighted by Gasteiger charge is 2.25. The van der Waals surface area contributed by atoms with Crippen molar-refractivity contribution >= 4 is 23.4 Å². The van der Waals surface area contributed by atoms with Gasteiger partial charge in [-0.2, -0.15) is 11.8 Å². The molecule has 1 aliphatic rings. The average Bonchev–Trinajstić information content (AvgIpc) is 2.80. The molecule has 0 aliphatic heterocycles. The standard InChI is InChI=1S/C14H20N2OS/c1-9-7-10(3-6-13(9)15)14(17)16-11-4-5-12(8-11)18-2/h3,6-7,11-12H,4-5,8,15H2,1-2H3,(H,16,17). The maximum atomic E-state index is 12.1. The number of nitrogens with one attached hydrogen (secondary N) is 1. The smallest absolute Gasteiger partial charge is 0.251 e. The Morgan fingerprint density at radius 2 is 2.22 bits per heavy atom. The van der Waals surface area contributed by atoms with E-state index in [-0.39, 0.29) is 5.91 Å². The molecule has 0 saturated heterocycles. The zero-order valence-corrected chi connectivity index (χ0v) is 11.7. The molecule has 1 aromatic rings. The molecule has 3 nitrogen and oxygen atoms in total. The van der Waals surface area contributed by atoms with Gasteiger partial charge >= 0.3 is 0 Å². The summed E-state index contributed by atoms with van der Waals surface area (Å²) in [5.74, 6) is 0.0184. The van der Waals surface area contributed by atoms with Crippen molar-refractivity contribution in [3.05, 3.63) is 29.3 Å². The number of benzene rings is 1. The van der Waals surface area contributed by atoms with Gasteiger partial charge in [-0.15, -0.1) is 0 Å². The Morgan fingerprint density at radius 1 is 1.44 bits per heavy atom. The van der Waals surface area contributed by atoms with E-state index in [4.69, 9.17) is 5.73 Å². The van der Waals surface area contributed by atoms with E-state index in [1.54, 1.807) is 12.1 Å². The van der Waals surface area contributed by atoms with Gasteiger partial charge in [0.15, 0.2) is 0 Å². The Hall–Kier alpha value is -1.16. The molecule has 2 atom stereocenters. The van der Waals surface area contributed by atoms with E-state index in [0.717, 1.165) is 24.1 Å². The van der Waals surface area contributed by atoms with Gasteiger partial charge in [0, 0.05) is 22.5 Å². The fourth-order valence-electron chi connectivity index (χ4n) is 2.37. The first kappa shape index (κ1) is 13.3. The maximum Gasteiger partial charge on any atom is 0.251 e. The van der Waals surface area contributed by atoms with Crippen LogP contribution in [0, 0.1) is 6.92 Å². The Bertz CT molecular complexity index is 447. The van der Waals surface area contributed by atoms with Crippen LogP contribution in [-0.4, -0.2) is 23.5 Å². The molecule has 2 unspecified atom stereocenters. The largest absolute Gasteiger partial charge is 0.399 e. The van der Waals surface area contributed by atoms with Gasteiger partial charge in [0.1, 0.15) is 0 Å². The second kappa shape index (κ2) is 5.65. The van der Waals surface area contributed by atoms with Gasteiger partial charge in [-0.1, -0.05) is 0 Å². The minimum atomic E-state index is 0.0184. The summed E-state index contributed by atoms with van der Waals surface area (Å²) < 4.78 is 0. The molecular weight excluding hydrogens is 244 g/mol. The summed E-state index contributed by atoms with van der Waals surface area (Å²) in [4.78, 5) is 12.1. The number of nitrogen functional groups attached to an aromatic ring is 1. The molecule has 2 rings (SSSR count). The molecule has 98 valence electrons. The van der Waals surface area contributed by atoms with E-state index >= 15 is 0 Å². The highest BCUT2D eigenvalue weighted by molar-refractivity contribution is 7.99. The molecule has 0 aromatic heterocycles. The molecule has 1 aromatic carbocycles. The number of carbonyl (C=O) groups is 1. The average molecular weight is 264 g/mol. The van der Waals surface area contributed by atoms with Crippen molar-refractivity contribution in [2.75, 3.05) is 12.0 Å². The van der Waals surface area contributed by atoms with E-state index in [0.29, 0.717) is 16.9 Å². The summed E-state index contributed by atoms with van der Waals surface area (Å²) in [6.07, 6.45) is 5.51. The van der Waals surface area contributed by atoms with Crippen LogP contribution < -0.4 is 11.1 Å². The number of amides is 1. The summed E-state index contributed by atoms with van der Waals surface area (Å²) >= 11 is 1.90. The number of aryl methyl sites for hydroxylation is 1. The molecule has 3 N–H and O–H groups in total. The predicted molar refractivity (Wildman–Crippen MR) is 78.0 cm³/mol. The van der Waals surface area contributed by atoms with Gasteiger partial charge in [0.2, 0.25) is 0 Å². The maximum absolute atomic E-state index is 12.1. The summed E-state index contributed by atoms with van der Waals surface area (Å²) in [5.41, 5.74) is 8.14. The molecule has 4 heteroatoms. The van der Waals surface area contributed by atoms with Crippen LogP contribution in [0.25, 0.3) is 0 Å². The lowest BCUT2D eigenvalue weighted by Crippen LogP contribution is -2.33. The van der Waals surface area contributed by atoms with Gasteiger partial charge in [0.05, 0.1) is 0 Å². The van der Waals surface area contributed by atoms with E-state index in [2.05, 4.69) is 11.6 Å². The minimum Gasteiger partial charge on any atom is -0.399 e. The lowest BCUT2D eigenvalue weighted by atomic mass is 10.1. The Balaban J connectivity index is 1.97. The zero-order chi connectivity index (χ0) is 13.1. The summed E-state index contributed by atoms with van der Waals surface area (Å²) in [5, 5.41) is 3.81. The van der Waals surface area contributed by atoms with Gasteiger partial charge < -0.3 is 11.1 Å². The molecule has 0 heterocycles. The lowest BCUT2D eigenvalue weighted by molar-refractivity contribution is 0.0938. The number of hydrogen-bond donors (Lipinski definition) is 2. The van der Waals surface area contributed by atoms with Gasteiger partial charge in [-0.05, 0) is 56.2 Å². The fraction of sp³-hybridized carbons (Fsp3) is 0.500. The number of anilines is 1. The van der Waals surface area contributed by atoms with Gasteiger partial charge in [-0.3, -0.25) is 4.79 Å². The molecule has 0 radical (unpaired) electrons. The van der Waals surface area contributed by atoms with Crippen molar-refractivity contribution in [2.24, 2.45) is 0 Å². The quantitative estimate of drug-likeness (QED) is 0.825. The number of nitrogens with two attached hydrogens (primary N) is 1. The van der Waals surface area contributed by atoms with Crippen molar-refractivity contribution in [1.82, 2.24) is 5.32 Å². The zero-order valence-electron chi connectivity index (χ0n) is 10.9. The molecule has 1 saturated carbocycles. The summed E-state index contributed by atoms with van der Waals surface area (Å²) in [6, 6.07) is 5.77. The van der Waals surface area contributed by atoms with Crippen LogP contribution in [0.2, 0.25) is 0 Å². The predicted octanol–water partition coefficient (Wildman–Crippen LogP) is 2.59. The monoisotopic (exact) mass is 264 g/mol. The second-order valence-corrected chi connectivity index (χ2v) is 6.05. The van der Waals surface area contributed by atoms with E-state index in [1.165, 1.54) is 6.42 Å². The Labute approximate surface area is 113 Å². The van der Waals surface area contributed by atoms with Crippen molar-refractivity contribution in [3.63, 3.8) is 0 Å². The Kier molecular flexibility index (Phi) is 4.17. The first-order chi connectivity index (χ1) is 8.60. The van der Waals surface area contributed by atoms with E-state index < -0.39 is 0 Å². The van der Waals surface area contributed by atoms with Crippen LogP contribution in [-0.2, 0) is 0 Å². The van der Waals surface area contributed by atoms with Crippen molar-refractivity contribution in [2.45, 2.75) is 37.5 Å².